The van der Waals surface area contributed by atoms with Crippen molar-refractivity contribution in [1.29, 1.82) is 0 Å². The van der Waals surface area contributed by atoms with Crippen LogP contribution in [-0.4, -0.2) is 61.3 Å². The second-order valence-electron chi connectivity index (χ2n) is 10.1. The van der Waals surface area contributed by atoms with Crippen molar-refractivity contribution < 1.29 is 19.1 Å². The van der Waals surface area contributed by atoms with Crippen LogP contribution in [0.4, 0.5) is 0 Å². The van der Waals surface area contributed by atoms with Crippen LogP contribution < -0.4 is 10.6 Å². The van der Waals surface area contributed by atoms with Crippen molar-refractivity contribution in [2.75, 3.05) is 39.5 Å². The molecule has 0 saturated carbocycles. The standard InChI is InChI=1S/C30H30N4O4S2/c35-29(33-15-19-9-13-37-17-19)23-7-11-31-27-21(23)3-1-5-25(27)39-40-26-6-2-4-22-24(8-12-32-28(22)26)30(36)34-16-20-10-14-38-18-20/h1-8,11-12,19-20H,9-10,13-18H2,(H,33,35)(H,34,36). The zero-order valence-corrected chi connectivity index (χ0v) is 23.6. The summed E-state index contributed by atoms with van der Waals surface area (Å²) < 4.78 is 10.8. The Hall–Kier alpha value is -3.18. The van der Waals surface area contributed by atoms with Crippen molar-refractivity contribution >= 4 is 55.2 Å². The smallest absolute Gasteiger partial charge is 0.252 e. The van der Waals surface area contributed by atoms with E-state index in [1.54, 1.807) is 46.1 Å². The summed E-state index contributed by atoms with van der Waals surface area (Å²) in [5.74, 6) is 0.530. The fourth-order valence-electron chi connectivity index (χ4n) is 5.07. The van der Waals surface area contributed by atoms with Crippen LogP contribution in [0.15, 0.2) is 70.7 Å². The van der Waals surface area contributed by atoms with E-state index in [1.165, 1.54) is 0 Å². The average Bonchev–Trinajstić information content (AvgIpc) is 3.72. The van der Waals surface area contributed by atoms with Gasteiger partial charge in [0.15, 0.2) is 0 Å². The first-order valence-corrected chi connectivity index (χ1v) is 15.6. The van der Waals surface area contributed by atoms with Crippen molar-refractivity contribution in [3.05, 3.63) is 72.1 Å². The number of amides is 2. The lowest BCUT2D eigenvalue weighted by atomic mass is 10.1. The number of para-hydroxylation sites is 2. The van der Waals surface area contributed by atoms with Gasteiger partial charge in [0.25, 0.3) is 11.8 Å². The molecule has 8 nitrogen and oxygen atoms in total. The van der Waals surface area contributed by atoms with Gasteiger partial charge < -0.3 is 20.1 Å². The molecule has 2 aromatic heterocycles. The zero-order chi connectivity index (χ0) is 27.3. The number of fused-ring (bicyclic) bond motifs is 2. The van der Waals surface area contributed by atoms with E-state index in [0.29, 0.717) is 49.3 Å². The van der Waals surface area contributed by atoms with E-state index in [0.717, 1.165) is 57.7 Å². The molecule has 6 rings (SSSR count). The lowest BCUT2D eigenvalue weighted by molar-refractivity contribution is 0.0938. The van der Waals surface area contributed by atoms with E-state index in [2.05, 4.69) is 20.6 Å². The Morgan fingerprint density at radius 3 is 1.62 bits per heavy atom. The highest BCUT2D eigenvalue weighted by molar-refractivity contribution is 8.76. The Bertz CT molecular complexity index is 1420. The van der Waals surface area contributed by atoms with Gasteiger partial charge in [-0.15, -0.1) is 0 Å². The molecule has 0 radical (unpaired) electrons. The van der Waals surface area contributed by atoms with Crippen molar-refractivity contribution in [2.24, 2.45) is 11.8 Å². The third-order valence-electron chi connectivity index (χ3n) is 7.33. The monoisotopic (exact) mass is 574 g/mol. The van der Waals surface area contributed by atoms with Gasteiger partial charge in [0.2, 0.25) is 0 Å². The van der Waals surface area contributed by atoms with Crippen LogP contribution in [0.25, 0.3) is 21.8 Å². The number of nitrogens with one attached hydrogen (secondary N) is 2. The molecule has 2 saturated heterocycles. The first-order chi connectivity index (χ1) is 19.7. The summed E-state index contributed by atoms with van der Waals surface area (Å²) in [6.45, 7) is 4.12. The maximum atomic E-state index is 13.0. The molecule has 0 spiro atoms. The zero-order valence-electron chi connectivity index (χ0n) is 21.9. The summed E-state index contributed by atoms with van der Waals surface area (Å²) in [6.07, 6.45) is 5.32. The number of benzene rings is 2. The molecule has 2 fully saturated rings. The molecule has 2 N–H and O–H groups in total. The SMILES string of the molecule is O=C(NCC1CCOC1)c1ccnc2c(SSc3cccc4c(C(=O)NCC5CCOC5)ccnc34)cccc12. The minimum Gasteiger partial charge on any atom is -0.381 e. The number of nitrogens with zero attached hydrogens (tertiary/aromatic N) is 2. The average molecular weight is 575 g/mol. The van der Waals surface area contributed by atoms with Crippen LogP contribution in [-0.2, 0) is 9.47 Å². The molecule has 0 bridgehead atoms. The van der Waals surface area contributed by atoms with Gasteiger partial charge in [-0.05, 0) is 37.1 Å². The molecule has 2 aliphatic heterocycles. The molecule has 4 aromatic rings. The van der Waals surface area contributed by atoms with Crippen LogP contribution in [0.5, 0.6) is 0 Å². The third kappa shape index (κ3) is 5.95. The van der Waals surface area contributed by atoms with Crippen LogP contribution >= 0.6 is 21.6 Å². The molecular weight excluding hydrogens is 544 g/mol. The lowest BCUT2D eigenvalue weighted by Crippen LogP contribution is -2.29. The van der Waals surface area contributed by atoms with Gasteiger partial charge in [0.05, 0.1) is 35.4 Å². The fourth-order valence-corrected chi connectivity index (χ4v) is 7.35. The molecule has 0 aliphatic carbocycles. The fraction of sp³-hybridized carbons (Fsp3) is 0.333. The highest BCUT2D eigenvalue weighted by atomic mass is 33.1. The molecule has 40 heavy (non-hydrogen) atoms. The van der Waals surface area contributed by atoms with Gasteiger partial charge in [0.1, 0.15) is 0 Å². The van der Waals surface area contributed by atoms with Gasteiger partial charge >= 0.3 is 0 Å². The Morgan fingerprint density at radius 1 is 0.725 bits per heavy atom. The predicted octanol–water partition coefficient (Wildman–Crippen LogP) is 5.12. The molecule has 4 heterocycles. The molecule has 2 amide bonds. The number of carbonyl (C=O) groups is 2. The normalized spacial score (nSPS) is 18.8. The summed E-state index contributed by atoms with van der Waals surface area (Å²) in [7, 11) is 3.13. The number of hydrogen-bond donors (Lipinski definition) is 2. The van der Waals surface area contributed by atoms with Crippen molar-refractivity contribution in [2.45, 2.75) is 22.6 Å². The summed E-state index contributed by atoms with van der Waals surface area (Å²) >= 11 is 0. The van der Waals surface area contributed by atoms with Gasteiger partial charge in [-0.25, -0.2) is 0 Å². The minimum atomic E-state index is -0.0985. The summed E-state index contributed by atoms with van der Waals surface area (Å²) in [5, 5.41) is 7.76. The topological polar surface area (TPSA) is 102 Å². The Morgan fingerprint density at radius 2 is 1.20 bits per heavy atom. The van der Waals surface area contributed by atoms with Crippen molar-refractivity contribution in [1.82, 2.24) is 20.6 Å². The summed E-state index contributed by atoms with van der Waals surface area (Å²) in [6, 6.07) is 15.3. The summed E-state index contributed by atoms with van der Waals surface area (Å²) in [5.41, 5.74) is 2.79. The van der Waals surface area contributed by atoms with E-state index < -0.39 is 0 Å². The van der Waals surface area contributed by atoms with Crippen LogP contribution in [0.3, 0.4) is 0 Å². The number of ether oxygens (including phenoxy) is 2. The van der Waals surface area contributed by atoms with E-state index in [9.17, 15) is 9.59 Å². The van der Waals surface area contributed by atoms with Crippen LogP contribution in [0, 0.1) is 11.8 Å². The van der Waals surface area contributed by atoms with E-state index in [4.69, 9.17) is 9.47 Å². The first kappa shape index (κ1) is 27.0. The maximum Gasteiger partial charge on any atom is 0.252 e. The Labute approximate surface area is 240 Å². The number of aromatic nitrogens is 2. The number of carbonyl (C=O) groups excluding carboxylic acids is 2. The quantitative estimate of drug-likeness (QED) is 0.266. The van der Waals surface area contributed by atoms with Crippen LogP contribution in [0.1, 0.15) is 33.6 Å². The van der Waals surface area contributed by atoms with Gasteiger partial charge in [-0.2, -0.15) is 0 Å². The molecule has 206 valence electrons. The number of pyridine rings is 2. The predicted molar refractivity (Wildman–Crippen MR) is 158 cm³/mol. The second-order valence-corrected chi connectivity index (χ2v) is 12.3. The highest BCUT2D eigenvalue weighted by Gasteiger charge is 2.20. The van der Waals surface area contributed by atoms with Gasteiger partial charge in [0, 0.05) is 71.1 Å². The Kier molecular flexibility index (Phi) is 8.48. The maximum absolute atomic E-state index is 13.0. The van der Waals surface area contributed by atoms with E-state index >= 15 is 0 Å². The molecule has 2 unspecified atom stereocenters. The van der Waals surface area contributed by atoms with Crippen LogP contribution in [0.2, 0.25) is 0 Å². The largest absolute Gasteiger partial charge is 0.381 e. The van der Waals surface area contributed by atoms with E-state index in [1.807, 2.05) is 36.4 Å². The second kappa shape index (κ2) is 12.6. The molecule has 2 aliphatic rings. The summed E-state index contributed by atoms with van der Waals surface area (Å²) in [4.78, 5) is 37.2. The minimum absolute atomic E-state index is 0.0985. The number of hydrogen-bond acceptors (Lipinski definition) is 8. The van der Waals surface area contributed by atoms with Crippen molar-refractivity contribution in [3.8, 4) is 0 Å². The molecular formula is C30H30N4O4S2. The lowest BCUT2D eigenvalue weighted by Gasteiger charge is -2.13. The molecule has 2 atom stereocenters. The first-order valence-electron chi connectivity index (χ1n) is 13.5. The molecule has 10 heteroatoms. The van der Waals surface area contributed by atoms with Crippen molar-refractivity contribution in [3.63, 3.8) is 0 Å². The molecule has 2 aromatic carbocycles. The highest BCUT2D eigenvalue weighted by Crippen LogP contribution is 2.42. The number of rotatable bonds is 9. The van der Waals surface area contributed by atoms with Gasteiger partial charge in [-0.3, -0.25) is 19.6 Å². The van der Waals surface area contributed by atoms with E-state index in [-0.39, 0.29) is 11.8 Å². The van der Waals surface area contributed by atoms with Gasteiger partial charge in [-0.1, -0.05) is 45.9 Å². The Balaban J connectivity index is 1.19. The third-order valence-corrected chi connectivity index (χ3v) is 9.76.